The molecule has 7 heteroatoms. The number of carbonyl (C=O) groups is 1. The smallest absolute Gasteiger partial charge is 0.321 e. The summed E-state index contributed by atoms with van der Waals surface area (Å²) in [4.78, 5) is 20.9. The number of urea groups is 1. The maximum Gasteiger partial charge on any atom is 0.321 e. The number of rotatable bonds is 6. The monoisotopic (exact) mass is 348 g/mol. The third-order valence-corrected chi connectivity index (χ3v) is 4.94. The molecule has 1 aromatic heterocycles. The van der Waals surface area contributed by atoms with Gasteiger partial charge in [-0.1, -0.05) is 0 Å². The lowest BCUT2D eigenvalue weighted by atomic mass is 10.2. The van der Waals surface area contributed by atoms with Gasteiger partial charge in [-0.3, -0.25) is 0 Å². The summed E-state index contributed by atoms with van der Waals surface area (Å²) < 4.78 is 6.82. The van der Waals surface area contributed by atoms with Gasteiger partial charge in [0.15, 0.2) is 0 Å². The van der Waals surface area contributed by atoms with Gasteiger partial charge in [0.1, 0.15) is 0 Å². The molecule has 1 N–H and O–H groups in total. The summed E-state index contributed by atoms with van der Waals surface area (Å²) in [6.07, 6.45) is 2.25. The Balaban J connectivity index is 1.66. The number of hydrogen-bond acceptors (Lipinski definition) is 5. The second kappa shape index (κ2) is 7.92. The summed E-state index contributed by atoms with van der Waals surface area (Å²) >= 11 is 1.60. The Morgan fingerprint density at radius 3 is 3.04 bits per heavy atom. The molecule has 1 fully saturated rings. The minimum atomic E-state index is -0.0815. The van der Waals surface area contributed by atoms with E-state index in [1.54, 1.807) is 11.3 Å². The normalized spacial score (nSPS) is 17.5. The minimum absolute atomic E-state index is 0.0815. The van der Waals surface area contributed by atoms with Gasteiger partial charge in [-0.05, 0) is 45.1 Å². The Bertz CT molecular complexity index is 682. The molecule has 2 amide bonds. The van der Waals surface area contributed by atoms with E-state index in [2.05, 4.69) is 15.2 Å². The zero-order chi connectivity index (χ0) is 16.9. The molecular weight excluding hydrogens is 324 g/mol. The van der Waals surface area contributed by atoms with Crippen molar-refractivity contribution in [1.29, 1.82) is 0 Å². The van der Waals surface area contributed by atoms with Crippen molar-refractivity contribution in [1.82, 2.24) is 14.8 Å². The predicted molar refractivity (Wildman–Crippen MR) is 97.7 cm³/mol. The first-order valence-corrected chi connectivity index (χ1v) is 9.15. The van der Waals surface area contributed by atoms with Crippen LogP contribution in [0.5, 0.6) is 0 Å². The highest BCUT2D eigenvalue weighted by Crippen LogP contribution is 2.22. The molecule has 0 aliphatic carbocycles. The summed E-state index contributed by atoms with van der Waals surface area (Å²) in [7, 11) is 4.02. The fraction of sp³-hybridized carbons (Fsp3) is 0.529. The lowest BCUT2D eigenvalue weighted by molar-refractivity contribution is 0.0820. The third-order valence-electron chi connectivity index (χ3n) is 4.13. The van der Waals surface area contributed by atoms with Crippen LogP contribution < -0.4 is 5.32 Å². The zero-order valence-corrected chi connectivity index (χ0v) is 15.0. The number of benzene rings is 1. The molecule has 1 aliphatic rings. The number of ether oxygens (including phenoxy) is 1. The van der Waals surface area contributed by atoms with E-state index < -0.39 is 0 Å². The van der Waals surface area contributed by atoms with Crippen LogP contribution in [0.25, 0.3) is 10.2 Å². The summed E-state index contributed by atoms with van der Waals surface area (Å²) in [5.74, 6) is 0. The molecule has 130 valence electrons. The molecule has 24 heavy (non-hydrogen) atoms. The van der Waals surface area contributed by atoms with Gasteiger partial charge in [0, 0.05) is 31.9 Å². The number of amides is 2. The van der Waals surface area contributed by atoms with Gasteiger partial charge in [0.2, 0.25) is 0 Å². The van der Waals surface area contributed by atoms with Crippen molar-refractivity contribution < 1.29 is 9.53 Å². The van der Waals surface area contributed by atoms with Gasteiger partial charge in [-0.25, -0.2) is 9.78 Å². The van der Waals surface area contributed by atoms with Crippen LogP contribution in [0.15, 0.2) is 23.7 Å². The van der Waals surface area contributed by atoms with Crippen LogP contribution in [0, 0.1) is 0 Å². The first-order chi connectivity index (χ1) is 11.6. The maximum absolute atomic E-state index is 12.7. The van der Waals surface area contributed by atoms with Crippen molar-refractivity contribution in [3.8, 4) is 0 Å². The van der Waals surface area contributed by atoms with E-state index >= 15 is 0 Å². The highest BCUT2D eigenvalue weighted by atomic mass is 32.1. The molecule has 0 radical (unpaired) electrons. The quantitative estimate of drug-likeness (QED) is 0.872. The summed E-state index contributed by atoms with van der Waals surface area (Å²) in [5.41, 5.74) is 3.51. The van der Waals surface area contributed by atoms with Crippen LogP contribution in [0.3, 0.4) is 0 Å². The molecule has 0 saturated carbocycles. The lowest BCUT2D eigenvalue weighted by Crippen LogP contribution is -2.43. The molecule has 6 nitrogen and oxygen atoms in total. The highest BCUT2D eigenvalue weighted by Gasteiger charge is 2.22. The SMILES string of the molecule is CN(C)CCN(C[C@H]1CCCO1)C(=O)Nc1ccc2scnc2c1. The molecule has 3 rings (SSSR count). The van der Waals surface area contributed by atoms with Crippen LogP contribution in [-0.4, -0.2) is 67.3 Å². The summed E-state index contributed by atoms with van der Waals surface area (Å²) in [6.45, 7) is 2.94. The number of carbonyl (C=O) groups excluding carboxylic acids is 1. The molecule has 0 unspecified atom stereocenters. The summed E-state index contributed by atoms with van der Waals surface area (Å²) in [6, 6.07) is 5.75. The van der Waals surface area contributed by atoms with E-state index in [0.29, 0.717) is 13.1 Å². The van der Waals surface area contributed by atoms with Crippen molar-refractivity contribution in [2.24, 2.45) is 0 Å². The molecule has 1 aromatic carbocycles. The number of nitrogens with one attached hydrogen (secondary N) is 1. The van der Waals surface area contributed by atoms with Crippen LogP contribution in [0.1, 0.15) is 12.8 Å². The van der Waals surface area contributed by atoms with E-state index in [9.17, 15) is 4.79 Å². The maximum atomic E-state index is 12.7. The Morgan fingerprint density at radius 2 is 2.29 bits per heavy atom. The molecule has 1 saturated heterocycles. The van der Waals surface area contributed by atoms with Gasteiger partial charge >= 0.3 is 6.03 Å². The van der Waals surface area contributed by atoms with Crippen molar-refractivity contribution >= 4 is 33.3 Å². The second-order valence-corrected chi connectivity index (χ2v) is 7.24. The molecule has 1 atom stereocenters. The van der Waals surface area contributed by atoms with E-state index in [1.165, 1.54) is 0 Å². The second-order valence-electron chi connectivity index (χ2n) is 6.35. The van der Waals surface area contributed by atoms with Crippen LogP contribution >= 0.6 is 11.3 Å². The Morgan fingerprint density at radius 1 is 1.42 bits per heavy atom. The molecular formula is C17H24N4O2S. The number of nitrogens with zero attached hydrogens (tertiary/aromatic N) is 3. The van der Waals surface area contributed by atoms with Gasteiger partial charge in [-0.15, -0.1) is 11.3 Å². The lowest BCUT2D eigenvalue weighted by Gasteiger charge is -2.27. The van der Waals surface area contributed by atoms with Crippen molar-refractivity contribution in [3.05, 3.63) is 23.7 Å². The fourth-order valence-corrected chi connectivity index (χ4v) is 3.43. The number of hydrogen-bond donors (Lipinski definition) is 1. The Kier molecular flexibility index (Phi) is 5.65. The van der Waals surface area contributed by atoms with Crippen LogP contribution in [-0.2, 0) is 4.74 Å². The number of fused-ring (bicyclic) bond motifs is 1. The topological polar surface area (TPSA) is 57.7 Å². The Labute approximate surface area is 146 Å². The molecule has 2 heterocycles. The highest BCUT2D eigenvalue weighted by molar-refractivity contribution is 7.16. The van der Waals surface area contributed by atoms with Gasteiger partial charge < -0.3 is 19.9 Å². The largest absolute Gasteiger partial charge is 0.376 e. The zero-order valence-electron chi connectivity index (χ0n) is 14.2. The fourth-order valence-electron chi connectivity index (χ4n) is 2.77. The van der Waals surface area contributed by atoms with Gasteiger partial charge in [0.25, 0.3) is 0 Å². The van der Waals surface area contributed by atoms with E-state index in [1.807, 2.05) is 42.7 Å². The number of aromatic nitrogens is 1. The molecule has 0 bridgehead atoms. The van der Waals surface area contributed by atoms with Crippen molar-refractivity contribution in [3.63, 3.8) is 0 Å². The van der Waals surface area contributed by atoms with E-state index in [0.717, 1.165) is 41.9 Å². The standard InChI is InChI=1S/C17H24N4O2S/c1-20(2)7-8-21(11-14-4-3-9-23-14)17(22)19-13-5-6-16-15(10-13)18-12-24-16/h5-6,10,12,14H,3-4,7-9,11H2,1-2H3,(H,19,22)/t14-/m1/s1. The average Bonchev–Trinajstić information content (AvgIpc) is 3.21. The van der Waals surface area contributed by atoms with Gasteiger partial charge in [0.05, 0.1) is 21.8 Å². The van der Waals surface area contributed by atoms with Gasteiger partial charge in [-0.2, -0.15) is 0 Å². The van der Waals surface area contributed by atoms with E-state index in [-0.39, 0.29) is 12.1 Å². The predicted octanol–water partition coefficient (Wildman–Crippen LogP) is 2.87. The molecule has 0 spiro atoms. The number of thiazole rings is 1. The number of anilines is 1. The number of likely N-dealkylation sites (N-methyl/N-ethyl adjacent to an activating group) is 1. The third kappa shape index (κ3) is 4.43. The Hall–Kier alpha value is -1.70. The molecule has 2 aromatic rings. The first-order valence-electron chi connectivity index (χ1n) is 8.27. The average molecular weight is 348 g/mol. The van der Waals surface area contributed by atoms with Crippen molar-refractivity contribution in [2.75, 3.05) is 45.7 Å². The van der Waals surface area contributed by atoms with Crippen LogP contribution in [0.2, 0.25) is 0 Å². The van der Waals surface area contributed by atoms with E-state index in [4.69, 9.17) is 4.74 Å². The minimum Gasteiger partial charge on any atom is -0.376 e. The van der Waals surface area contributed by atoms with Crippen molar-refractivity contribution in [2.45, 2.75) is 18.9 Å². The van der Waals surface area contributed by atoms with Crippen LogP contribution in [0.4, 0.5) is 10.5 Å². The summed E-state index contributed by atoms with van der Waals surface area (Å²) in [5, 5.41) is 3.00. The molecule has 1 aliphatic heterocycles. The first kappa shape index (κ1) is 17.1.